The predicted molar refractivity (Wildman–Crippen MR) is 112 cm³/mol. The number of rotatable bonds is 5. The van der Waals surface area contributed by atoms with Crippen LogP contribution in [0, 0.1) is 0 Å². The smallest absolute Gasteiger partial charge is 0.344 e. The van der Waals surface area contributed by atoms with Crippen LogP contribution in [0.4, 0.5) is 0 Å². The number of aromatic nitrogens is 1. The van der Waals surface area contributed by atoms with Crippen molar-refractivity contribution >= 4 is 29.2 Å². The summed E-state index contributed by atoms with van der Waals surface area (Å²) in [6.07, 6.45) is 0.555. The molecule has 0 aliphatic carbocycles. The van der Waals surface area contributed by atoms with E-state index in [0.29, 0.717) is 34.3 Å². The van der Waals surface area contributed by atoms with Crippen LogP contribution < -0.4 is 5.43 Å². The van der Waals surface area contributed by atoms with Crippen LogP contribution in [-0.4, -0.2) is 17.6 Å². The maximum absolute atomic E-state index is 12.9. The van der Waals surface area contributed by atoms with Gasteiger partial charge in [0.1, 0.15) is 5.56 Å². The number of esters is 1. The SMILES string of the molecule is CCn1c(Cc2ccccc2)cc(=O)c(C(=O)OC)c1-c1ccc(Cl)c(Cl)c1. The molecule has 0 atom stereocenters. The molecule has 0 saturated heterocycles. The predicted octanol–water partition coefficient (Wildman–Crippen LogP) is 5.22. The third-order valence-corrected chi connectivity index (χ3v) is 5.26. The molecular weight excluding hydrogens is 397 g/mol. The normalized spacial score (nSPS) is 10.7. The van der Waals surface area contributed by atoms with Crippen LogP contribution in [0.1, 0.15) is 28.5 Å². The summed E-state index contributed by atoms with van der Waals surface area (Å²) in [5.41, 5.74) is 2.57. The van der Waals surface area contributed by atoms with Crippen molar-refractivity contribution in [3.05, 3.63) is 91.7 Å². The standard InChI is InChI=1S/C22H19Cl2NO3/c1-3-25-16(11-14-7-5-4-6-8-14)13-19(26)20(22(27)28-2)21(25)15-9-10-17(23)18(24)12-15/h4-10,12-13H,3,11H2,1-2H3. The number of nitrogens with zero attached hydrogens (tertiary/aromatic N) is 1. The molecule has 0 bridgehead atoms. The molecule has 0 spiro atoms. The molecule has 1 heterocycles. The number of ether oxygens (including phenoxy) is 1. The Kier molecular flexibility index (Phi) is 6.22. The molecule has 3 rings (SSSR count). The minimum absolute atomic E-state index is 0.0143. The summed E-state index contributed by atoms with van der Waals surface area (Å²) in [4.78, 5) is 25.3. The Morgan fingerprint density at radius 1 is 1.04 bits per heavy atom. The first-order chi connectivity index (χ1) is 13.5. The summed E-state index contributed by atoms with van der Waals surface area (Å²) in [6.45, 7) is 2.52. The summed E-state index contributed by atoms with van der Waals surface area (Å²) in [6, 6.07) is 16.4. The number of halogens is 2. The van der Waals surface area contributed by atoms with Crippen LogP contribution in [0.2, 0.25) is 10.0 Å². The molecule has 1 aromatic heterocycles. The molecule has 0 radical (unpaired) electrons. The number of hydrogen-bond acceptors (Lipinski definition) is 3. The molecule has 4 nitrogen and oxygen atoms in total. The molecular formula is C22H19Cl2NO3. The van der Waals surface area contributed by atoms with Gasteiger partial charge in [0.05, 0.1) is 22.8 Å². The molecule has 0 saturated carbocycles. The summed E-state index contributed by atoms with van der Waals surface area (Å²) >= 11 is 12.2. The molecule has 0 N–H and O–H groups in total. The Labute approximate surface area is 173 Å². The molecule has 0 aliphatic rings. The van der Waals surface area contributed by atoms with Crippen LogP contribution in [0.5, 0.6) is 0 Å². The number of benzene rings is 2. The van der Waals surface area contributed by atoms with Gasteiger partial charge >= 0.3 is 5.97 Å². The maximum atomic E-state index is 12.9. The van der Waals surface area contributed by atoms with Crippen molar-refractivity contribution < 1.29 is 9.53 Å². The third-order valence-electron chi connectivity index (χ3n) is 4.52. The Hall–Kier alpha value is -2.56. The molecule has 2 aromatic carbocycles. The number of pyridine rings is 1. The first kappa shape index (κ1) is 20.2. The highest BCUT2D eigenvalue weighted by Gasteiger charge is 2.23. The van der Waals surface area contributed by atoms with E-state index in [2.05, 4.69) is 0 Å². The molecule has 3 aromatic rings. The van der Waals surface area contributed by atoms with Crippen molar-refractivity contribution in [1.82, 2.24) is 4.57 Å². The van der Waals surface area contributed by atoms with E-state index in [9.17, 15) is 9.59 Å². The average Bonchev–Trinajstić information content (AvgIpc) is 2.70. The van der Waals surface area contributed by atoms with E-state index in [0.717, 1.165) is 11.3 Å². The van der Waals surface area contributed by atoms with E-state index in [1.54, 1.807) is 18.2 Å². The fraction of sp³-hybridized carbons (Fsp3) is 0.182. The van der Waals surface area contributed by atoms with Crippen LogP contribution in [0.15, 0.2) is 59.4 Å². The van der Waals surface area contributed by atoms with E-state index < -0.39 is 5.97 Å². The van der Waals surface area contributed by atoms with Gasteiger partial charge in [0, 0.05) is 30.3 Å². The topological polar surface area (TPSA) is 48.3 Å². The van der Waals surface area contributed by atoms with Gasteiger partial charge in [-0.1, -0.05) is 59.6 Å². The quantitative estimate of drug-likeness (QED) is 0.536. The van der Waals surface area contributed by atoms with E-state index >= 15 is 0 Å². The van der Waals surface area contributed by atoms with Gasteiger partial charge in [-0.25, -0.2) is 4.79 Å². The lowest BCUT2D eigenvalue weighted by Gasteiger charge is -2.20. The number of carbonyl (C=O) groups excluding carboxylic acids is 1. The lowest BCUT2D eigenvalue weighted by Crippen LogP contribution is -2.24. The summed E-state index contributed by atoms with van der Waals surface area (Å²) in [5.74, 6) is -0.681. The van der Waals surface area contributed by atoms with E-state index in [1.807, 2.05) is 41.8 Å². The van der Waals surface area contributed by atoms with Gasteiger partial charge in [0.25, 0.3) is 0 Å². The Morgan fingerprint density at radius 3 is 2.36 bits per heavy atom. The summed E-state index contributed by atoms with van der Waals surface area (Å²) in [7, 11) is 1.26. The van der Waals surface area contributed by atoms with Crippen molar-refractivity contribution in [2.45, 2.75) is 19.9 Å². The van der Waals surface area contributed by atoms with Crippen LogP contribution in [-0.2, 0) is 17.7 Å². The van der Waals surface area contributed by atoms with Gasteiger partial charge in [-0.15, -0.1) is 0 Å². The van der Waals surface area contributed by atoms with Gasteiger partial charge in [0.2, 0.25) is 0 Å². The zero-order chi connectivity index (χ0) is 20.3. The number of hydrogen-bond donors (Lipinski definition) is 0. The zero-order valence-electron chi connectivity index (χ0n) is 15.5. The number of methoxy groups -OCH3 is 1. The fourth-order valence-electron chi connectivity index (χ4n) is 3.25. The third kappa shape index (κ3) is 3.98. The van der Waals surface area contributed by atoms with Gasteiger partial charge in [-0.3, -0.25) is 4.79 Å². The lowest BCUT2D eigenvalue weighted by atomic mass is 10.0. The monoisotopic (exact) mass is 415 g/mol. The van der Waals surface area contributed by atoms with E-state index in [-0.39, 0.29) is 11.0 Å². The van der Waals surface area contributed by atoms with Gasteiger partial charge in [-0.2, -0.15) is 0 Å². The average molecular weight is 416 g/mol. The molecule has 0 amide bonds. The molecule has 144 valence electrons. The van der Waals surface area contributed by atoms with Gasteiger partial charge in [0.15, 0.2) is 5.43 Å². The fourth-order valence-corrected chi connectivity index (χ4v) is 3.55. The van der Waals surface area contributed by atoms with Gasteiger partial charge in [-0.05, 0) is 24.6 Å². The highest BCUT2D eigenvalue weighted by Crippen LogP contribution is 2.31. The molecule has 28 heavy (non-hydrogen) atoms. The first-order valence-electron chi connectivity index (χ1n) is 8.80. The Bertz CT molecular complexity index is 1080. The Balaban J connectivity index is 2.30. The number of carbonyl (C=O) groups is 1. The zero-order valence-corrected chi connectivity index (χ0v) is 17.1. The minimum Gasteiger partial charge on any atom is -0.465 e. The van der Waals surface area contributed by atoms with Crippen molar-refractivity contribution in [3.63, 3.8) is 0 Å². The van der Waals surface area contributed by atoms with Crippen LogP contribution in [0.3, 0.4) is 0 Å². The van der Waals surface area contributed by atoms with Crippen molar-refractivity contribution in [3.8, 4) is 11.3 Å². The van der Waals surface area contributed by atoms with Crippen LogP contribution in [0.25, 0.3) is 11.3 Å². The van der Waals surface area contributed by atoms with Crippen molar-refractivity contribution in [2.75, 3.05) is 7.11 Å². The largest absolute Gasteiger partial charge is 0.465 e. The first-order valence-corrected chi connectivity index (χ1v) is 9.56. The van der Waals surface area contributed by atoms with E-state index in [4.69, 9.17) is 27.9 Å². The Morgan fingerprint density at radius 2 is 1.75 bits per heavy atom. The van der Waals surface area contributed by atoms with E-state index in [1.165, 1.54) is 13.2 Å². The summed E-state index contributed by atoms with van der Waals surface area (Å²) in [5, 5.41) is 0.745. The van der Waals surface area contributed by atoms with Crippen molar-refractivity contribution in [1.29, 1.82) is 0 Å². The highest BCUT2D eigenvalue weighted by molar-refractivity contribution is 6.42. The second-order valence-electron chi connectivity index (χ2n) is 6.25. The molecule has 6 heteroatoms. The highest BCUT2D eigenvalue weighted by atomic mass is 35.5. The van der Waals surface area contributed by atoms with Crippen molar-refractivity contribution in [2.24, 2.45) is 0 Å². The van der Waals surface area contributed by atoms with Gasteiger partial charge < -0.3 is 9.30 Å². The van der Waals surface area contributed by atoms with Crippen LogP contribution >= 0.6 is 23.2 Å². The molecule has 0 aliphatic heterocycles. The molecule has 0 fully saturated rings. The molecule has 0 unspecified atom stereocenters. The lowest BCUT2D eigenvalue weighted by molar-refractivity contribution is 0.0599. The summed E-state index contributed by atoms with van der Waals surface area (Å²) < 4.78 is 6.82. The second kappa shape index (κ2) is 8.63. The second-order valence-corrected chi connectivity index (χ2v) is 7.07. The minimum atomic E-state index is -0.681. The maximum Gasteiger partial charge on any atom is 0.344 e.